The maximum atomic E-state index is 6.42. The molecule has 0 saturated heterocycles. The van der Waals surface area contributed by atoms with Gasteiger partial charge in [0.05, 0.1) is 11.0 Å². The molecule has 0 spiro atoms. The summed E-state index contributed by atoms with van der Waals surface area (Å²) < 4.78 is 8.67. The first-order valence-corrected chi connectivity index (χ1v) is 14.9. The molecule has 4 heteroatoms. The minimum Gasteiger partial charge on any atom is -0.452 e. The van der Waals surface area contributed by atoms with Crippen LogP contribution in [0.3, 0.4) is 0 Å². The van der Waals surface area contributed by atoms with Gasteiger partial charge < -0.3 is 4.42 Å². The van der Waals surface area contributed by atoms with Crippen molar-refractivity contribution in [1.29, 1.82) is 0 Å². The number of hydrogen-bond acceptors (Lipinski definition) is 3. The van der Waals surface area contributed by atoms with Crippen LogP contribution in [-0.4, -0.2) is 14.5 Å². The molecule has 4 nitrogen and oxygen atoms in total. The number of furan rings is 1. The zero-order valence-electron chi connectivity index (χ0n) is 23.4. The lowest BCUT2D eigenvalue weighted by molar-refractivity contribution is 0.666. The van der Waals surface area contributed by atoms with Gasteiger partial charge in [0.1, 0.15) is 16.8 Å². The highest BCUT2D eigenvalue weighted by Gasteiger charge is 2.26. The Hall–Kier alpha value is -6.00. The number of nitrogens with zero attached hydrogens (tertiary/aromatic N) is 3. The lowest BCUT2D eigenvalue weighted by Crippen LogP contribution is -2.03. The lowest BCUT2D eigenvalue weighted by atomic mass is 9.93. The van der Waals surface area contributed by atoms with Gasteiger partial charge in [-0.25, -0.2) is 9.97 Å². The van der Waals surface area contributed by atoms with Gasteiger partial charge in [-0.3, -0.25) is 4.57 Å². The third kappa shape index (κ3) is 2.69. The Morgan fingerprint density at radius 3 is 1.98 bits per heavy atom. The van der Waals surface area contributed by atoms with Gasteiger partial charge in [-0.2, -0.15) is 0 Å². The molecule has 0 radical (unpaired) electrons. The normalized spacial score (nSPS) is 12.5. The molecule has 0 amide bonds. The molecule has 0 saturated carbocycles. The fraction of sp³-hybridized carbons (Fsp3) is 0. The zero-order valence-corrected chi connectivity index (χ0v) is 23.4. The van der Waals surface area contributed by atoms with Crippen molar-refractivity contribution in [2.45, 2.75) is 0 Å². The molecule has 0 bridgehead atoms. The molecule has 0 N–H and O–H groups in total. The molecule has 3 heterocycles. The molecule has 0 atom stereocenters. The summed E-state index contributed by atoms with van der Waals surface area (Å²) in [4.78, 5) is 10.6. The van der Waals surface area contributed by atoms with Gasteiger partial charge in [-0.15, -0.1) is 0 Å². The summed E-state index contributed by atoms with van der Waals surface area (Å²) in [7, 11) is 0. The molecular weight excluding hydrogens is 538 g/mol. The number of fused-ring (bicyclic) bond motifs is 4. The van der Waals surface area contributed by atoms with Crippen molar-refractivity contribution in [1.82, 2.24) is 14.5 Å². The number of benzene rings is 7. The summed E-state index contributed by atoms with van der Waals surface area (Å²) in [6, 6.07) is 45.3. The van der Waals surface area contributed by atoms with E-state index in [0.29, 0.717) is 11.5 Å². The smallest absolute Gasteiger partial charge is 0.236 e. The van der Waals surface area contributed by atoms with E-state index in [1.165, 1.54) is 54.2 Å². The van der Waals surface area contributed by atoms with Gasteiger partial charge in [0.2, 0.25) is 5.95 Å². The van der Waals surface area contributed by atoms with Crippen molar-refractivity contribution in [2.24, 2.45) is 0 Å². The SMILES string of the molecule is c1ccc(-c2nc(-n3c4cccc5c4c4c6c(ccc7ccc8cccc-5c8c76)ccc43)nc3c2oc2ccccc23)cc1. The quantitative estimate of drug-likeness (QED) is 0.198. The van der Waals surface area contributed by atoms with Crippen LogP contribution in [0.1, 0.15) is 0 Å². The average Bonchev–Trinajstić information content (AvgIpc) is 3.59. The molecule has 1 aliphatic carbocycles. The van der Waals surface area contributed by atoms with E-state index >= 15 is 0 Å². The van der Waals surface area contributed by atoms with Crippen LogP contribution in [-0.2, 0) is 0 Å². The molecule has 7 aromatic carbocycles. The molecule has 44 heavy (non-hydrogen) atoms. The zero-order chi connectivity index (χ0) is 28.5. The summed E-state index contributed by atoms with van der Waals surface area (Å²) in [6.45, 7) is 0. The summed E-state index contributed by atoms with van der Waals surface area (Å²) in [5, 5.41) is 11.2. The maximum absolute atomic E-state index is 6.42. The van der Waals surface area contributed by atoms with E-state index in [1.54, 1.807) is 0 Å². The van der Waals surface area contributed by atoms with Crippen molar-refractivity contribution in [3.63, 3.8) is 0 Å². The van der Waals surface area contributed by atoms with Crippen molar-refractivity contribution in [3.8, 4) is 28.3 Å². The summed E-state index contributed by atoms with van der Waals surface area (Å²) >= 11 is 0. The highest BCUT2D eigenvalue weighted by atomic mass is 16.3. The molecular formula is C40H21N3O. The van der Waals surface area contributed by atoms with Gasteiger partial charge >= 0.3 is 0 Å². The second-order valence-electron chi connectivity index (χ2n) is 11.7. The van der Waals surface area contributed by atoms with E-state index in [0.717, 1.165) is 38.8 Å². The lowest BCUT2D eigenvalue weighted by Gasteiger charge is -2.13. The Kier molecular flexibility index (Phi) is 4.04. The van der Waals surface area contributed by atoms with E-state index in [9.17, 15) is 0 Å². The minimum atomic E-state index is 0.638. The van der Waals surface area contributed by atoms with Crippen LogP contribution < -0.4 is 0 Å². The number of rotatable bonds is 2. The fourth-order valence-electron chi connectivity index (χ4n) is 7.69. The molecule has 11 rings (SSSR count). The molecule has 0 unspecified atom stereocenters. The molecule has 1 aliphatic rings. The van der Waals surface area contributed by atoms with Gasteiger partial charge in [-0.05, 0) is 62.3 Å². The predicted octanol–water partition coefficient (Wildman–Crippen LogP) is 10.6. The van der Waals surface area contributed by atoms with Crippen molar-refractivity contribution in [3.05, 3.63) is 127 Å². The highest BCUT2D eigenvalue weighted by molar-refractivity contribution is 6.38. The second-order valence-corrected chi connectivity index (χ2v) is 11.7. The average molecular weight is 560 g/mol. The van der Waals surface area contributed by atoms with Crippen LogP contribution in [0.25, 0.3) is 105 Å². The summed E-state index contributed by atoms with van der Waals surface area (Å²) in [6.07, 6.45) is 0. The van der Waals surface area contributed by atoms with Crippen molar-refractivity contribution < 1.29 is 4.42 Å². The van der Waals surface area contributed by atoms with Gasteiger partial charge in [0.15, 0.2) is 5.58 Å². The van der Waals surface area contributed by atoms with Crippen LogP contribution in [0.2, 0.25) is 0 Å². The molecule has 3 aromatic heterocycles. The fourth-order valence-corrected chi connectivity index (χ4v) is 7.69. The molecule has 0 aliphatic heterocycles. The topological polar surface area (TPSA) is 43.9 Å². The highest BCUT2D eigenvalue weighted by Crippen LogP contribution is 2.49. The van der Waals surface area contributed by atoms with E-state index in [2.05, 4.69) is 95.6 Å². The predicted molar refractivity (Wildman–Crippen MR) is 181 cm³/mol. The van der Waals surface area contributed by atoms with E-state index < -0.39 is 0 Å². The third-order valence-electron chi connectivity index (χ3n) is 9.51. The molecule has 202 valence electrons. The van der Waals surface area contributed by atoms with Gasteiger partial charge in [-0.1, -0.05) is 103 Å². The molecule has 0 fully saturated rings. The van der Waals surface area contributed by atoms with E-state index in [4.69, 9.17) is 14.4 Å². The Labute approximate surface area is 250 Å². The van der Waals surface area contributed by atoms with Crippen LogP contribution in [0.15, 0.2) is 132 Å². The van der Waals surface area contributed by atoms with Crippen molar-refractivity contribution >= 4 is 76.2 Å². The standard InChI is InChI=1S/C40H21N3O/c1-2-8-25(9-3-1)37-39-38(28-11-4-5-15-31(28)44-39)42-40(41-37)43-29-14-7-13-27-26-12-6-10-22-16-17-23-18-19-24-20-21-30(43)36(35(27)29)34(24)33(23)32(22)26/h1-21H. The van der Waals surface area contributed by atoms with Gasteiger partial charge in [0.25, 0.3) is 0 Å². The second kappa shape index (κ2) is 7.88. The van der Waals surface area contributed by atoms with E-state index in [1.807, 2.05) is 36.4 Å². The maximum Gasteiger partial charge on any atom is 0.236 e. The van der Waals surface area contributed by atoms with Crippen LogP contribution in [0.5, 0.6) is 0 Å². The number of hydrogen-bond donors (Lipinski definition) is 0. The van der Waals surface area contributed by atoms with Crippen LogP contribution in [0.4, 0.5) is 0 Å². The van der Waals surface area contributed by atoms with Gasteiger partial charge in [0, 0.05) is 27.1 Å². The Balaban J connectivity index is 1.38. The van der Waals surface area contributed by atoms with Crippen molar-refractivity contribution in [2.75, 3.05) is 0 Å². The monoisotopic (exact) mass is 559 g/mol. The van der Waals surface area contributed by atoms with Crippen LogP contribution >= 0.6 is 0 Å². The summed E-state index contributed by atoms with van der Waals surface area (Å²) in [5.41, 5.74) is 8.82. The Morgan fingerprint density at radius 2 is 1.14 bits per heavy atom. The van der Waals surface area contributed by atoms with E-state index in [-0.39, 0.29) is 0 Å². The number of aromatic nitrogens is 3. The minimum absolute atomic E-state index is 0.638. The first kappa shape index (κ1) is 22.6. The Bertz CT molecular complexity index is 2870. The Morgan fingerprint density at radius 1 is 0.477 bits per heavy atom. The largest absolute Gasteiger partial charge is 0.452 e. The van der Waals surface area contributed by atoms with Crippen LogP contribution in [0, 0.1) is 0 Å². The number of para-hydroxylation sites is 1. The first-order chi connectivity index (χ1) is 21.8. The summed E-state index contributed by atoms with van der Waals surface area (Å²) in [5.74, 6) is 0.638. The molecule has 10 aromatic rings. The first-order valence-electron chi connectivity index (χ1n) is 14.9. The third-order valence-corrected chi connectivity index (χ3v) is 9.51.